The lowest BCUT2D eigenvalue weighted by molar-refractivity contribution is -0.137. The Balaban J connectivity index is 1.57. The van der Waals surface area contributed by atoms with Gasteiger partial charge >= 0.3 is 6.18 Å². The average Bonchev–Trinajstić information content (AvgIpc) is 3.13. The molecule has 140 valence electrons. The van der Waals surface area contributed by atoms with E-state index in [0.29, 0.717) is 11.5 Å². The van der Waals surface area contributed by atoms with Crippen LogP contribution in [-0.4, -0.2) is 12.1 Å². The molecule has 0 aliphatic carbocycles. The molecule has 6 heteroatoms. The summed E-state index contributed by atoms with van der Waals surface area (Å²) in [6.07, 6.45) is 2.11. The summed E-state index contributed by atoms with van der Waals surface area (Å²) in [7, 11) is 1.63. The molecule has 27 heavy (non-hydrogen) atoms. The number of nitrogens with zero attached hydrogens (tertiary/aromatic N) is 1. The zero-order valence-corrected chi connectivity index (χ0v) is 14.7. The Hall–Kier alpha value is -3.02. The van der Waals surface area contributed by atoms with Crippen LogP contribution in [0.4, 0.5) is 13.2 Å². The van der Waals surface area contributed by atoms with Crippen molar-refractivity contribution in [3.05, 3.63) is 83.1 Å². The summed E-state index contributed by atoms with van der Waals surface area (Å²) < 4.78 is 48.2. The molecular formula is C21H18F3NO2. The first-order valence-electron chi connectivity index (χ1n) is 8.37. The molecule has 0 amide bonds. The topological polar surface area (TPSA) is 35.3 Å². The van der Waals surface area contributed by atoms with E-state index in [2.05, 4.69) is 4.98 Å². The maximum Gasteiger partial charge on any atom is 0.416 e. The molecule has 1 heterocycles. The molecule has 0 saturated heterocycles. The van der Waals surface area contributed by atoms with Crippen LogP contribution in [0.15, 0.2) is 59.2 Å². The molecule has 0 aliphatic heterocycles. The zero-order chi connectivity index (χ0) is 19.3. The monoisotopic (exact) mass is 373 g/mol. The molecule has 0 radical (unpaired) electrons. The Bertz CT molecular complexity index is 894. The Morgan fingerprint density at radius 3 is 2.30 bits per heavy atom. The Morgan fingerprint density at radius 1 is 0.963 bits per heavy atom. The van der Waals surface area contributed by atoms with Crippen LogP contribution in [-0.2, 0) is 19.0 Å². The number of halogens is 3. The summed E-state index contributed by atoms with van der Waals surface area (Å²) in [6.45, 7) is 0. The summed E-state index contributed by atoms with van der Waals surface area (Å²) in [5, 5.41) is 0. The van der Waals surface area contributed by atoms with Gasteiger partial charge in [-0.1, -0.05) is 24.3 Å². The van der Waals surface area contributed by atoms with E-state index >= 15 is 0 Å². The van der Waals surface area contributed by atoms with Gasteiger partial charge in [-0.2, -0.15) is 13.2 Å². The van der Waals surface area contributed by atoms with Gasteiger partial charge in [0.2, 0.25) is 5.89 Å². The fourth-order valence-electron chi connectivity index (χ4n) is 2.53. The molecule has 0 spiro atoms. The summed E-state index contributed by atoms with van der Waals surface area (Å²) >= 11 is 0. The molecule has 2 aromatic carbocycles. The fraction of sp³-hybridized carbons (Fsp3) is 0.190. The van der Waals surface area contributed by atoms with Gasteiger partial charge in [-0.05, 0) is 54.3 Å². The lowest BCUT2D eigenvalue weighted by atomic mass is 10.1. The minimum Gasteiger partial charge on any atom is -0.497 e. The predicted octanol–water partition coefficient (Wildman–Crippen LogP) is 5.66. The molecule has 3 nitrogen and oxygen atoms in total. The van der Waals surface area contributed by atoms with Crippen molar-refractivity contribution < 1.29 is 22.3 Å². The van der Waals surface area contributed by atoms with E-state index in [1.165, 1.54) is 17.7 Å². The number of rotatable bonds is 6. The third-order valence-corrected chi connectivity index (χ3v) is 4.05. The number of hydrogen-bond acceptors (Lipinski definition) is 3. The highest BCUT2D eigenvalue weighted by Gasteiger charge is 2.29. The first-order valence-corrected chi connectivity index (χ1v) is 8.37. The number of hydrogen-bond donors (Lipinski definition) is 0. The second-order valence-corrected chi connectivity index (χ2v) is 5.98. The quantitative estimate of drug-likeness (QED) is 0.559. The number of benzene rings is 2. The minimum absolute atomic E-state index is 0.416. The largest absolute Gasteiger partial charge is 0.497 e. The van der Waals surface area contributed by atoms with Gasteiger partial charge < -0.3 is 9.15 Å². The maximum atomic E-state index is 12.6. The lowest BCUT2D eigenvalue weighted by Crippen LogP contribution is -2.03. The first kappa shape index (κ1) is 18.8. The normalized spacial score (nSPS) is 11.9. The highest BCUT2D eigenvalue weighted by atomic mass is 19.4. The molecule has 3 rings (SSSR count). The second-order valence-electron chi connectivity index (χ2n) is 5.98. The van der Waals surface area contributed by atoms with Crippen LogP contribution in [0.3, 0.4) is 0 Å². The number of aromatic nitrogens is 1. The summed E-state index contributed by atoms with van der Waals surface area (Å²) in [4.78, 5) is 4.37. The number of oxazole rings is 1. The molecule has 0 N–H and O–H groups in total. The van der Waals surface area contributed by atoms with Crippen molar-refractivity contribution in [1.29, 1.82) is 0 Å². The highest BCUT2D eigenvalue weighted by Crippen LogP contribution is 2.29. The average molecular weight is 373 g/mol. The predicted molar refractivity (Wildman–Crippen MR) is 97.3 cm³/mol. The van der Waals surface area contributed by atoms with Crippen LogP contribution >= 0.6 is 0 Å². The van der Waals surface area contributed by atoms with E-state index in [-0.39, 0.29) is 0 Å². The molecule has 0 atom stereocenters. The van der Waals surface area contributed by atoms with Gasteiger partial charge in [0.25, 0.3) is 0 Å². The van der Waals surface area contributed by atoms with E-state index in [1.807, 2.05) is 24.3 Å². The van der Waals surface area contributed by atoms with E-state index in [9.17, 15) is 13.2 Å². The Kier molecular flexibility index (Phi) is 5.64. The van der Waals surface area contributed by atoms with Crippen molar-refractivity contribution in [3.63, 3.8) is 0 Å². The van der Waals surface area contributed by atoms with E-state index < -0.39 is 11.7 Å². The van der Waals surface area contributed by atoms with Gasteiger partial charge in [-0.15, -0.1) is 0 Å². The van der Waals surface area contributed by atoms with E-state index in [1.54, 1.807) is 25.5 Å². The Morgan fingerprint density at radius 2 is 1.67 bits per heavy atom. The van der Waals surface area contributed by atoms with Crippen LogP contribution in [0.25, 0.3) is 12.2 Å². The van der Waals surface area contributed by atoms with E-state index in [4.69, 9.17) is 9.15 Å². The summed E-state index contributed by atoms with van der Waals surface area (Å²) in [5.41, 5.74) is 1.95. The van der Waals surface area contributed by atoms with Gasteiger partial charge in [0.05, 0.1) is 18.4 Å². The van der Waals surface area contributed by atoms with Crippen LogP contribution in [0.1, 0.15) is 28.3 Å². The van der Waals surface area contributed by atoms with Crippen LogP contribution in [0.5, 0.6) is 5.75 Å². The SMILES string of the molecule is COc1ccc(CCc2coc(/C=C/c3ccc(C(F)(F)F)cc3)n2)cc1. The molecule has 0 bridgehead atoms. The third kappa shape index (κ3) is 5.23. The minimum atomic E-state index is -4.33. The first-order chi connectivity index (χ1) is 12.9. The second kappa shape index (κ2) is 8.12. The number of ether oxygens (including phenoxy) is 1. The van der Waals surface area contributed by atoms with Crippen molar-refractivity contribution in [2.45, 2.75) is 19.0 Å². The fourth-order valence-corrected chi connectivity index (χ4v) is 2.53. The number of alkyl halides is 3. The molecule has 0 fully saturated rings. The van der Waals surface area contributed by atoms with E-state index in [0.717, 1.165) is 36.4 Å². The summed E-state index contributed by atoms with van der Waals surface area (Å²) in [6, 6.07) is 12.8. The van der Waals surface area contributed by atoms with Gasteiger partial charge in [0.15, 0.2) is 0 Å². The standard InChI is InChI=1S/C21H18F3NO2/c1-26-19-11-5-16(6-12-19)4-10-18-14-27-20(25-18)13-7-15-2-8-17(9-3-15)21(22,23)24/h2-3,5-9,11-14H,4,10H2,1H3/b13-7+. The van der Waals surface area contributed by atoms with Gasteiger partial charge in [0, 0.05) is 6.08 Å². The zero-order valence-electron chi connectivity index (χ0n) is 14.7. The van der Waals surface area contributed by atoms with Crippen molar-refractivity contribution in [2.24, 2.45) is 0 Å². The van der Waals surface area contributed by atoms with Gasteiger partial charge in [0.1, 0.15) is 12.0 Å². The van der Waals surface area contributed by atoms with Gasteiger partial charge in [-0.25, -0.2) is 4.98 Å². The third-order valence-electron chi connectivity index (χ3n) is 4.05. The molecule has 0 saturated carbocycles. The van der Waals surface area contributed by atoms with Gasteiger partial charge in [-0.3, -0.25) is 0 Å². The van der Waals surface area contributed by atoms with Crippen molar-refractivity contribution >= 4 is 12.2 Å². The number of aryl methyl sites for hydroxylation is 2. The molecule has 0 aliphatic rings. The number of methoxy groups -OCH3 is 1. The smallest absolute Gasteiger partial charge is 0.416 e. The molecule has 3 aromatic rings. The maximum absolute atomic E-state index is 12.6. The van der Waals surface area contributed by atoms with Crippen molar-refractivity contribution in [2.75, 3.05) is 7.11 Å². The van der Waals surface area contributed by atoms with Crippen molar-refractivity contribution in [3.8, 4) is 5.75 Å². The highest BCUT2D eigenvalue weighted by molar-refractivity contribution is 5.66. The summed E-state index contributed by atoms with van der Waals surface area (Å²) in [5.74, 6) is 1.23. The van der Waals surface area contributed by atoms with Crippen LogP contribution in [0.2, 0.25) is 0 Å². The lowest BCUT2D eigenvalue weighted by Gasteiger charge is -2.05. The molecular weight excluding hydrogens is 355 g/mol. The molecule has 1 aromatic heterocycles. The molecule has 0 unspecified atom stereocenters. The van der Waals surface area contributed by atoms with Crippen LogP contribution in [0, 0.1) is 0 Å². The van der Waals surface area contributed by atoms with Crippen LogP contribution < -0.4 is 4.74 Å². The van der Waals surface area contributed by atoms with Crippen molar-refractivity contribution in [1.82, 2.24) is 4.98 Å². The Labute approximate surface area is 155 Å².